The van der Waals surface area contributed by atoms with Crippen LogP contribution in [0.1, 0.15) is 58.0 Å². The first-order valence-corrected chi connectivity index (χ1v) is 15.4. The standard InChI is InChI=1S/C32H43N9O4/c1-21(2)17-26-32(45)36-22(3)30-38-29(25-9-6-5-7-10-25)39-41(30)20-27(42)34-13-8-16-40(18-24-11-14-33-15-12-24)19-28(43)35-23(4)31(44)37-26/h5-7,9-12,14-15,21-23,26H,8,13,16-20H2,1-4H3,(H,34,42)(H,35,43)(H,36,45)(H,37,44)/t22-,23+,26+/m0/s1. The van der Waals surface area contributed by atoms with E-state index in [0.717, 1.165) is 11.1 Å². The third-order valence-corrected chi connectivity index (χ3v) is 7.38. The molecule has 0 saturated heterocycles. The van der Waals surface area contributed by atoms with Gasteiger partial charge in [-0.25, -0.2) is 9.67 Å². The number of amides is 4. The fraction of sp³-hybridized carbons (Fsp3) is 0.469. The average molecular weight is 618 g/mol. The fourth-order valence-corrected chi connectivity index (χ4v) is 5.12. The molecule has 0 spiro atoms. The Balaban J connectivity index is 1.60. The zero-order chi connectivity index (χ0) is 32.3. The van der Waals surface area contributed by atoms with Crippen molar-refractivity contribution in [1.82, 2.24) is 45.9 Å². The van der Waals surface area contributed by atoms with Gasteiger partial charge in [-0.05, 0) is 50.3 Å². The van der Waals surface area contributed by atoms with Gasteiger partial charge in [-0.2, -0.15) is 5.10 Å². The SMILES string of the molecule is CC(C)C[C@H]1NC(=O)[C@@H](C)NC(=O)CN(Cc2ccncc2)CCCNC(=O)Cn2nc(-c3ccccc3)nc2[C@H](C)NC1=O. The summed E-state index contributed by atoms with van der Waals surface area (Å²) in [5.74, 6) is -0.488. The number of hydrogen-bond acceptors (Lipinski definition) is 8. The number of aromatic nitrogens is 4. The van der Waals surface area contributed by atoms with Crippen molar-refractivity contribution >= 4 is 23.6 Å². The second kappa shape index (κ2) is 15.9. The second-order valence-electron chi connectivity index (χ2n) is 11.8. The summed E-state index contributed by atoms with van der Waals surface area (Å²) < 4.78 is 1.51. The molecule has 0 fully saturated rings. The first kappa shape index (κ1) is 33.2. The highest BCUT2D eigenvalue weighted by Gasteiger charge is 2.28. The van der Waals surface area contributed by atoms with Crippen LogP contribution in [0.2, 0.25) is 0 Å². The Labute approximate surface area is 263 Å². The van der Waals surface area contributed by atoms with Gasteiger partial charge in [0.1, 0.15) is 24.5 Å². The smallest absolute Gasteiger partial charge is 0.243 e. The lowest BCUT2D eigenvalue weighted by Gasteiger charge is -2.25. The van der Waals surface area contributed by atoms with Crippen molar-refractivity contribution in [3.63, 3.8) is 0 Å². The molecular weight excluding hydrogens is 574 g/mol. The van der Waals surface area contributed by atoms with E-state index in [4.69, 9.17) is 4.98 Å². The Kier molecular flexibility index (Phi) is 11.7. The van der Waals surface area contributed by atoms with E-state index in [2.05, 4.69) is 31.3 Å². The highest BCUT2D eigenvalue weighted by Crippen LogP contribution is 2.19. The Hall–Kier alpha value is -4.65. The molecule has 3 aromatic rings. The number of rotatable bonds is 5. The van der Waals surface area contributed by atoms with Crippen LogP contribution < -0.4 is 21.3 Å². The highest BCUT2D eigenvalue weighted by atomic mass is 16.2. The summed E-state index contributed by atoms with van der Waals surface area (Å²) in [4.78, 5) is 63.5. The van der Waals surface area contributed by atoms with Crippen molar-refractivity contribution in [2.24, 2.45) is 5.92 Å². The summed E-state index contributed by atoms with van der Waals surface area (Å²) in [6.45, 7) is 8.63. The van der Waals surface area contributed by atoms with Crippen molar-refractivity contribution in [3.05, 3.63) is 66.2 Å². The average Bonchev–Trinajstić information content (AvgIpc) is 3.42. The minimum Gasteiger partial charge on any atom is -0.354 e. The van der Waals surface area contributed by atoms with E-state index in [9.17, 15) is 19.2 Å². The van der Waals surface area contributed by atoms with Gasteiger partial charge in [-0.3, -0.25) is 29.1 Å². The minimum absolute atomic E-state index is 0.0475. The molecule has 13 nitrogen and oxygen atoms in total. The third kappa shape index (κ3) is 9.93. The zero-order valence-corrected chi connectivity index (χ0v) is 26.3. The fourth-order valence-electron chi connectivity index (χ4n) is 5.12. The Morgan fingerprint density at radius 2 is 1.60 bits per heavy atom. The van der Waals surface area contributed by atoms with Crippen molar-refractivity contribution in [3.8, 4) is 11.4 Å². The van der Waals surface area contributed by atoms with Crippen LogP contribution in [-0.4, -0.2) is 80.0 Å². The lowest BCUT2D eigenvalue weighted by Crippen LogP contribution is -2.54. The molecule has 4 N–H and O–H groups in total. The zero-order valence-electron chi connectivity index (χ0n) is 26.3. The molecule has 0 aliphatic carbocycles. The number of carbonyl (C=O) groups excluding carboxylic acids is 4. The molecule has 4 amide bonds. The molecule has 3 heterocycles. The summed E-state index contributed by atoms with van der Waals surface area (Å²) in [6.07, 6.45) is 4.36. The first-order valence-electron chi connectivity index (χ1n) is 15.4. The van der Waals surface area contributed by atoms with E-state index in [1.54, 1.807) is 26.2 Å². The van der Waals surface area contributed by atoms with Crippen LogP contribution in [0.3, 0.4) is 0 Å². The van der Waals surface area contributed by atoms with Gasteiger partial charge in [0.05, 0.1) is 12.6 Å². The molecule has 1 aliphatic rings. The van der Waals surface area contributed by atoms with Gasteiger partial charge in [-0.15, -0.1) is 0 Å². The molecule has 2 aromatic heterocycles. The largest absolute Gasteiger partial charge is 0.354 e. The van der Waals surface area contributed by atoms with Crippen LogP contribution in [0.4, 0.5) is 0 Å². The van der Waals surface area contributed by atoms with E-state index in [0.29, 0.717) is 44.1 Å². The summed E-state index contributed by atoms with van der Waals surface area (Å²) in [5, 5.41) is 16.1. The van der Waals surface area contributed by atoms with Crippen LogP contribution in [-0.2, 0) is 32.3 Å². The molecule has 45 heavy (non-hydrogen) atoms. The van der Waals surface area contributed by atoms with E-state index in [1.807, 2.05) is 61.2 Å². The molecule has 0 unspecified atom stereocenters. The summed E-state index contributed by atoms with van der Waals surface area (Å²) in [6, 6.07) is 10.8. The maximum absolute atomic E-state index is 13.5. The van der Waals surface area contributed by atoms with Gasteiger partial charge in [0, 0.05) is 37.6 Å². The summed E-state index contributed by atoms with van der Waals surface area (Å²) >= 11 is 0. The molecular formula is C32H43N9O4. The molecule has 13 heteroatoms. The first-order chi connectivity index (χ1) is 21.6. The number of fused-ring (bicyclic) bond motifs is 1. The van der Waals surface area contributed by atoms with Crippen LogP contribution in [0.25, 0.3) is 11.4 Å². The maximum atomic E-state index is 13.5. The highest BCUT2D eigenvalue weighted by molar-refractivity contribution is 5.92. The van der Waals surface area contributed by atoms with Crippen molar-refractivity contribution in [2.45, 2.75) is 71.8 Å². The van der Waals surface area contributed by atoms with Crippen LogP contribution in [0.5, 0.6) is 0 Å². The van der Waals surface area contributed by atoms with Gasteiger partial charge < -0.3 is 21.3 Å². The molecule has 240 valence electrons. The predicted molar refractivity (Wildman–Crippen MR) is 168 cm³/mol. The van der Waals surface area contributed by atoms with Crippen LogP contribution >= 0.6 is 0 Å². The monoisotopic (exact) mass is 617 g/mol. The number of benzene rings is 1. The lowest BCUT2D eigenvalue weighted by atomic mass is 10.0. The third-order valence-electron chi connectivity index (χ3n) is 7.38. The summed E-state index contributed by atoms with van der Waals surface area (Å²) in [7, 11) is 0. The van der Waals surface area contributed by atoms with Crippen molar-refractivity contribution < 1.29 is 19.2 Å². The van der Waals surface area contributed by atoms with E-state index >= 15 is 0 Å². The Bertz CT molecular complexity index is 1450. The minimum atomic E-state index is -0.863. The number of carbonyl (C=O) groups is 4. The topological polar surface area (TPSA) is 163 Å². The molecule has 1 aliphatic heterocycles. The van der Waals surface area contributed by atoms with E-state index in [1.165, 1.54) is 4.68 Å². The molecule has 4 rings (SSSR count). The molecule has 3 atom stereocenters. The Morgan fingerprint density at radius 3 is 2.31 bits per heavy atom. The maximum Gasteiger partial charge on any atom is 0.243 e. The van der Waals surface area contributed by atoms with Gasteiger partial charge in [0.2, 0.25) is 23.6 Å². The molecule has 1 aromatic carbocycles. The van der Waals surface area contributed by atoms with Crippen molar-refractivity contribution in [1.29, 1.82) is 0 Å². The van der Waals surface area contributed by atoms with E-state index in [-0.39, 0.29) is 30.8 Å². The molecule has 0 bridgehead atoms. The predicted octanol–water partition coefficient (Wildman–Crippen LogP) is 1.58. The number of nitrogens with zero attached hydrogens (tertiary/aromatic N) is 5. The van der Waals surface area contributed by atoms with Gasteiger partial charge in [0.25, 0.3) is 0 Å². The quantitative estimate of drug-likeness (QED) is 0.335. The van der Waals surface area contributed by atoms with Crippen LogP contribution in [0.15, 0.2) is 54.9 Å². The van der Waals surface area contributed by atoms with Crippen molar-refractivity contribution in [2.75, 3.05) is 19.6 Å². The van der Waals surface area contributed by atoms with E-state index < -0.39 is 29.9 Å². The lowest BCUT2D eigenvalue weighted by molar-refractivity contribution is -0.132. The number of hydrogen-bond donors (Lipinski definition) is 4. The Morgan fingerprint density at radius 1 is 0.867 bits per heavy atom. The molecule has 0 radical (unpaired) electrons. The van der Waals surface area contributed by atoms with Gasteiger partial charge >= 0.3 is 0 Å². The number of pyridine rings is 1. The number of nitrogens with one attached hydrogen (secondary N) is 4. The summed E-state index contributed by atoms with van der Waals surface area (Å²) in [5.41, 5.74) is 1.76. The van der Waals surface area contributed by atoms with Gasteiger partial charge in [0.15, 0.2) is 5.82 Å². The van der Waals surface area contributed by atoms with Gasteiger partial charge in [-0.1, -0.05) is 44.2 Å². The molecule has 0 saturated carbocycles. The normalized spacial score (nSPS) is 21.4. The second-order valence-corrected chi connectivity index (χ2v) is 11.8. The van der Waals surface area contributed by atoms with Crippen LogP contribution in [0, 0.1) is 5.92 Å².